The standard InChI is InChI=1S/C26H20ClF3N4O5/c1-2-38-24(36)18-13-22(34-23(18)35)21-12-17(9-10-31-21)39-16-6-3-14(4-7-16)32-25(37)33-15-5-8-20(27)19(11-15)26(28,29)30/h3-13,34-35H,2H2,1H3,(H2,32,33,37). The van der Waals surface area contributed by atoms with Gasteiger partial charge in [-0.15, -0.1) is 0 Å². The minimum atomic E-state index is -4.66. The molecule has 0 saturated carbocycles. The number of aromatic nitrogens is 2. The highest BCUT2D eigenvalue weighted by Gasteiger charge is 2.33. The smallest absolute Gasteiger partial charge is 0.417 e. The molecule has 0 radical (unpaired) electrons. The van der Waals surface area contributed by atoms with Crippen molar-refractivity contribution in [3.63, 3.8) is 0 Å². The maximum absolute atomic E-state index is 13.0. The summed E-state index contributed by atoms with van der Waals surface area (Å²) in [5.41, 5.74) is -0.0472. The third kappa shape index (κ3) is 6.79. The molecule has 4 rings (SSSR count). The van der Waals surface area contributed by atoms with Crippen molar-refractivity contribution in [1.29, 1.82) is 0 Å². The number of rotatable bonds is 7. The number of aromatic hydroxyl groups is 1. The summed E-state index contributed by atoms with van der Waals surface area (Å²) in [6.45, 7) is 1.81. The monoisotopic (exact) mass is 560 g/mol. The molecule has 4 aromatic rings. The van der Waals surface area contributed by atoms with E-state index < -0.39 is 28.8 Å². The number of carbonyl (C=O) groups excluding carboxylic acids is 2. The van der Waals surface area contributed by atoms with Gasteiger partial charge in [-0.1, -0.05) is 11.6 Å². The number of carbonyl (C=O) groups is 2. The number of H-pyrrole nitrogens is 1. The summed E-state index contributed by atoms with van der Waals surface area (Å²) in [6, 6.07) is 13.1. The number of halogens is 4. The van der Waals surface area contributed by atoms with Crippen LogP contribution < -0.4 is 15.4 Å². The average Bonchev–Trinajstić information content (AvgIpc) is 3.28. The first-order valence-electron chi connectivity index (χ1n) is 11.3. The number of hydrogen-bond donors (Lipinski definition) is 4. The van der Waals surface area contributed by atoms with Crippen molar-refractivity contribution in [2.75, 3.05) is 17.2 Å². The zero-order chi connectivity index (χ0) is 28.2. The second kappa shape index (κ2) is 11.4. The molecule has 0 fully saturated rings. The molecule has 2 aromatic carbocycles. The van der Waals surface area contributed by atoms with Crippen LogP contribution in [0.1, 0.15) is 22.8 Å². The van der Waals surface area contributed by atoms with Gasteiger partial charge < -0.3 is 30.2 Å². The quantitative estimate of drug-likeness (QED) is 0.179. The van der Waals surface area contributed by atoms with Gasteiger partial charge in [-0.25, -0.2) is 9.59 Å². The van der Waals surface area contributed by atoms with Crippen LogP contribution in [0.25, 0.3) is 11.4 Å². The first-order chi connectivity index (χ1) is 18.5. The number of alkyl halides is 3. The number of benzene rings is 2. The van der Waals surface area contributed by atoms with Crippen molar-refractivity contribution >= 4 is 35.0 Å². The van der Waals surface area contributed by atoms with Crippen molar-refractivity contribution in [1.82, 2.24) is 9.97 Å². The predicted molar refractivity (Wildman–Crippen MR) is 137 cm³/mol. The Balaban J connectivity index is 1.40. The number of esters is 1. The van der Waals surface area contributed by atoms with Crippen molar-refractivity contribution < 1.29 is 37.3 Å². The maximum Gasteiger partial charge on any atom is 0.417 e. The Morgan fingerprint density at radius 2 is 1.69 bits per heavy atom. The molecule has 0 unspecified atom stereocenters. The Hall–Kier alpha value is -4.71. The molecular weight excluding hydrogens is 541 g/mol. The fourth-order valence-electron chi connectivity index (χ4n) is 3.42. The summed E-state index contributed by atoms with van der Waals surface area (Å²) in [6.07, 6.45) is -3.18. The van der Waals surface area contributed by atoms with Crippen molar-refractivity contribution in [3.8, 4) is 28.8 Å². The Morgan fingerprint density at radius 1 is 1.00 bits per heavy atom. The van der Waals surface area contributed by atoms with E-state index in [0.29, 0.717) is 28.6 Å². The van der Waals surface area contributed by atoms with E-state index in [-0.39, 0.29) is 23.7 Å². The molecule has 0 bridgehead atoms. The molecule has 0 spiro atoms. The Kier molecular flexibility index (Phi) is 7.96. The van der Waals surface area contributed by atoms with Gasteiger partial charge >= 0.3 is 18.2 Å². The molecule has 0 atom stereocenters. The normalized spacial score (nSPS) is 11.1. The van der Waals surface area contributed by atoms with E-state index in [4.69, 9.17) is 21.1 Å². The number of ether oxygens (including phenoxy) is 2. The van der Waals surface area contributed by atoms with E-state index in [9.17, 15) is 27.9 Å². The molecule has 13 heteroatoms. The lowest BCUT2D eigenvalue weighted by atomic mass is 10.2. The van der Waals surface area contributed by atoms with Crippen LogP contribution in [-0.2, 0) is 10.9 Å². The molecule has 0 aliphatic rings. The minimum absolute atomic E-state index is 0.0241. The molecule has 2 heterocycles. The first-order valence-corrected chi connectivity index (χ1v) is 11.7. The van der Waals surface area contributed by atoms with Gasteiger partial charge in [0.1, 0.15) is 17.1 Å². The highest BCUT2D eigenvalue weighted by Crippen LogP contribution is 2.36. The van der Waals surface area contributed by atoms with Gasteiger partial charge in [-0.3, -0.25) is 4.98 Å². The lowest BCUT2D eigenvalue weighted by Crippen LogP contribution is -2.19. The van der Waals surface area contributed by atoms with Gasteiger partial charge in [0.2, 0.25) is 5.88 Å². The van der Waals surface area contributed by atoms with Crippen LogP contribution in [0, 0.1) is 0 Å². The van der Waals surface area contributed by atoms with Crippen LogP contribution in [0.4, 0.5) is 29.3 Å². The zero-order valence-electron chi connectivity index (χ0n) is 20.1. The molecular formula is C26H20ClF3N4O5. The summed E-state index contributed by atoms with van der Waals surface area (Å²) in [5.74, 6) is -0.215. The second-order valence-corrected chi connectivity index (χ2v) is 8.35. The Labute approximate surface area is 224 Å². The molecule has 9 nitrogen and oxygen atoms in total. The first kappa shape index (κ1) is 27.3. The largest absolute Gasteiger partial charge is 0.494 e. The number of nitrogens with one attached hydrogen (secondary N) is 3. The summed E-state index contributed by atoms with van der Waals surface area (Å²) in [7, 11) is 0. The summed E-state index contributed by atoms with van der Waals surface area (Å²) in [5, 5.41) is 14.4. The topological polar surface area (TPSA) is 126 Å². The van der Waals surface area contributed by atoms with E-state index in [1.54, 1.807) is 31.2 Å². The number of nitrogens with zero attached hydrogens (tertiary/aromatic N) is 1. The molecule has 0 aliphatic heterocycles. The van der Waals surface area contributed by atoms with Crippen LogP contribution in [0.5, 0.6) is 17.4 Å². The van der Waals surface area contributed by atoms with Crippen LogP contribution in [0.3, 0.4) is 0 Å². The SMILES string of the molecule is CCOC(=O)c1cc(-c2cc(Oc3ccc(NC(=O)Nc4ccc(Cl)c(C(F)(F)F)c4)cc3)ccn2)[nH]c1O. The van der Waals surface area contributed by atoms with E-state index >= 15 is 0 Å². The molecule has 0 saturated heterocycles. The van der Waals surface area contributed by atoms with Gasteiger partial charge in [-0.05, 0) is 61.5 Å². The van der Waals surface area contributed by atoms with E-state index in [2.05, 4.69) is 20.6 Å². The lowest BCUT2D eigenvalue weighted by molar-refractivity contribution is -0.137. The van der Waals surface area contributed by atoms with E-state index in [1.165, 1.54) is 30.5 Å². The molecule has 2 amide bonds. The zero-order valence-corrected chi connectivity index (χ0v) is 20.9. The Morgan fingerprint density at radius 3 is 2.38 bits per heavy atom. The molecule has 39 heavy (non-hydrogen) atoms. The van der Waals surface area contributed by atoms with Crippen molar-refractivity contribution in [3.05, 3.63) is 83.0 Å². The number of pyridine rings is 1. The fraction of sp³-hybridized carbons (Fsp3) is 0.115. The lowest BCUT2D eigenvalue weighted by Gasteiger charge is -2.12. The molecule has 2 aromatic heterocycles. The van der Waals surface area contributed by atoms with Crippen LogP contribution in [-0.4, -0.2) is 33.7 Å². The maximum atomic E-state index is 13.0. The molecule has 0 aliphatic carbocycles. The van der Waals surface area contributed by atoms with Crippen molar-refractivity contribution in [2.24, 2.45) is 0 Å². The second-order valence-electron chi connectivity index (χ2n) is 7.94. The number of aromatic amines is 1. The van der Waals surface area contributed by atoms with Crippen LogP contribution in [0.2, 0.25) is 5.02 Å². The average molecular weight is 561 g/mol. The van der Waals surface area contributed by atoms with Gasteiger partial charge in [-0.2, -0.15) is 13.2 Å². The predicted octanol–water partition coefficient (Wildman–Crippen LogP) is 7.07. The minimum Gasteiger partial charge on any atom is -0.494 e. The third-order valence-corrected chi connectivity index (χ3v) is 5.51. The number of anilines is 2. The summed E-state index contributed by atoms with van der Waals surface area (Å²) < 4.78 is 49.8. The highest BCUT2D eigenvalue weighted by molar-refractivity contribution is 6.31. The highest BCUT2D eigenvalue weighted by atomic mass is 35.5. The number of amides is 2. The van der Waals surface area contributed by atoms with E-state index in [0.717, 1.165) is 12.1 Å². The molecule has 202 valence electrons. The Bertz CT molecular complexity index is 1510. The van der Waals surface area contributed by atoms with Gasteiger partial charge in [0, 0.05) is 23.6 Å². The fourth-order valence-corrected chi connectivity index (χ4v) is 3.65. The van der Waals surface area contributed by atoms with E-state index in [1.807, 2.05) is 0 Å². The van der Waals surface area contributed by atoms with Crippen LogP contribution in [0.15, 0.2) is 66.9 Å². The van der Waals surface area contributed by atoms with Gasteiger partial charge in [0.05, 0.1) is 28.6 Å². The third-order valence-electron chi connectivity index (χ3n) is 5.18. The number of hydrogen-bond acceptors (Lipinski definition) is 6. The van der Waals surface area contributed by atoms with Gasteiger partial charge in [0.25, 0.3) is 0 Å². The van der Waals surface area contributed by atoms with Gasteiger partial charge in [0.15, 0.2) is 0 Å². The van der Waals surface area contributed by atoms with Crippen molar-refractivity contribution in [2.45, 2.75) is 13.1 Å². The summed E-state index contributed by atoms with van der Waals surface area (Å²) >= 11 is 5.60. The number of urea groups is 1. The summed E-state index contributed by atoms with van der Waals surface area (Å²) in [4.78, 5) is 31.1. The molecule has 4 N–H and O–H groups in total. The van der Waals surface area contributed by atoms with Crippen LogP contribution >= 0.6 is 11.6 Å².